The van der Waals surface area contributed by atoms with E-state index in [1.165, 1.54) is 6.20 Å². The Morgan fingerprint density at radius 2 is 2.10 bits per heavy atom. The van der Waals surface area contributed by atoms with E-state index in [0.29, 0.717) is 55.7 Å². The number of carbonyl (C=O) groups is 2. The molecule has 0 spiro atoms. The van der Waals surface area contributed by atoms with Crippen LogP contribution in [0.1, 0.15) is 46.5 Å². The van der Waals surface area contributed by atoms with E-state index < -0.39 is 0 Å². The lowest BCUT2D eigenvalue weighted by molar-refractivity contribution is -0.136. The van der Waals surface area contributed by atoms with Gasteiger partial charge < -0.3 is 9.64 Å². The molecule has 0 aromatic carbocycles. The van der Waals surface area contributed by atoms with Gasteiger partial charge in [-0.3, -0.25) is 19.9 Å². The minimum absolute atomic E-state index is 0.0739. The van der Waals surface area contributed by atoms with Crippen molar-refractivity contribution < 1.29 is 14.3 Å². The molecule has 5 rings (SSSR count). The summed E-state index contributed by atoms with van der Waals surface area (Å²) in [4.78, 5) is 44.8. The number of nitrogens with zero attached hydrogens (tertiary/aromatic N) is 7. The van der Waals surface area contributed by atoms with Gasteiger partial charge in [-0.1, -0.05) is 6.92 Å². The Labute approximate surface area is 237 Å². The first kappa shape index (κ1) is 27.5. The van der Waals surface area contributed by atoms with Gasteiger partial charge in [0.1, 0.15) is 17.7 Å². The van der Waals surface area contributed by atoms with E-state index in [4.69, 9.17) is 9.72 Å². The Morgan fingerprint density at radius 1 is 1.25 bits per heavy atom. The highest BCUT2D eigenvalue weighted by Crippen LogP contribution is 2.32. The summed E-state index contributed by atoms with van der Waals surface area (Å²) in [6, 6.07) is 5.61. The molecular formula is C28H32N8O3S. The molecule has 1 saturated heterocycles. The number of aryl methyl sites for hydroxylation is 1. The van der Waals surface area contributed by atoms with Crippen molar-refractivity contribution >= 4 is 34.9 Å². The zero-order valence-electron chi connectivity index (χ0n) is 22.9. The van der Waals surface area contributed by atoms with Crippen LogP contribution in [0.15, 0.2) is 29.9 Å². The molecule has 0 saturated carbocycles. The maximum absolute atomic E-state index is 13.4. The highest BCUT2D eigenvalue weighted by atomic mass is 32.1. The van der Waals surface area contributed by atoms with Crippen molar-refractivity contribution in [1.82, 2.24) is 24.8 Å². The predicted octanol–water partition coefficient (Wildman–Crippen LogP) is 3.42. The Morgan fingerprint density at radius 3 is 2.83 bits per heavy atom. The fourth-order valence-corrected chi connectivity index (χ4v) is 5.82. The van der Waals surface area contributed by atoms with E-state index in [2.05, 4.69) is 28.3 Å². The van der Waals surface area contributed by atoms with E-state index in [1.807, 2.05) is 28.3 Å². The van der Waals surface area contributed by atoms with Crippen LogP contribution in [0, 0.1) is 11.3 Å². The summed E-state index contributed by atoms with van der Waals surface area (Å²) in [6.07, 6.45) is 5.42. The summed E-state index contributed by atoms with van der Waals surface area (Å²) in [7, 11) is 3.49. The quantitative estimate of drug-likeness (QED) is 0.466. The number of fused-ring (bicyclic) bond motifs is 1. The summed E-state index contributed by atoms with van der Waals surface area (Å²) in [6.45, 7) is 4.83. The van der Waals surface area contributed by atoms with Crippen LogP contribution in [0.25, 0.3) is 0 Å². The molecule has 0 radical (unpaired) electrons. The number of nitriles is 1. The molecule has 3 aromatic heterocycles. The molecule has 1 atom stereocenters. The number of thiazole rings is 1. The normalized spacial score (nSPS) is 16.3. The number of pyridine rings is 2. The van der Waals surface area contributed by atoms with Crippen molar-refractivity contribution in [2.24, 2.45) is 0 Å². The van der Waals surface area contributed by atoms with Gasteiger partial charge in [0.2, 0.25) is 11.8 Å². The highest BCUT2D eigenvalue weighted by molar-refractivity contribution is 7.09. The summed E-state index contributed by atoms with van der Waals surface area (Å²) in [5.74, 6) is 1.51. The van der Waals surface area contributed by atoms with Crippen molar-refractivity contribution in [3.8, 4) is 11.9 Å². The third kappa shape index (κ3) is 5.90. The van der Waals surface area contributed by atoms with Gasteiger partial charge in [-0.25, -0.2) is 14.8 Å². The average Bonchev–Trinajstić information content (AvgIpc) is 3.49. The maximum atomic E-state index is 13.4. The van der Waals surface area contributed by atoms with Crippen LogP contribution in [-0.4, -0.2) is 77.0 Å². The molecule has 1 fully saturated rings. The maximum Gasteiger partial charge on any atom is 0.328 e. The van der Waals surface area contributed by atoms with E-state index in [9.17, 15) is 14.9 Å². The second-order valence-corrected chi connectivity index (χ2v) is 11.1. The van der Waals surface area contributed by atoms with Gasteiger partial charge in [0.05, 0.1) is 30.8 Å². The van der Waals surface area contributed by atoms with Crippen LogP contribution in [0.3, 0.4) is 0 Å². The van der Waals surface area contributed by atoms with Crippen molar-refractivity contribution in [3.63, 3.8) is 0 Å². The average molecular weight is 561 g/mol. The predicted molar refractivity (Wildman–Crippen MR) is 152 cm³/mol. The largest absolute Gasteiger partial charge is 0.481 e. The summed E-state index contributed by atoms with van der Waals surface area (Å²) >= 11 is 1.58. The van der Waals surface area contributed by atoms with E-state index in [1.54, 1.807) is 35.6 Å². The number of carbonyl (C=O) groups excluding carboxylic acids is 2. The Bertz CT molecular complexity index is 1440. The second-order valence-electron chi connectivity index (χ2n) is 10.2. The third-order valence-electron chi connectivity index (χ3n) is 7.25. The number of urea groups is 1. The monoisotopic (exact) mass is 560 g/mol. The molecule has 2 aliphatic rings. The number of nitrogens with one attached hydrogen (secondary N) is 1. The molecule has 12 heteroatoms. The molecule has 0 bridgehead atoms. The first-order valence-electron chi connectivity index (χ1n) is 13.3. The smallest absolute Gasteiger partial charge is 0.328 e. The van der Waals surface area contributed by atoms with Crippen molar-refractivity contribution in [3.05, 3.63) is 57.2 Å². The third-order valence-corrected chi connectivity index (χ3v) is 8.26. The van der Waals surface area contributed by atoms with Crippen molar-refractivity contribution in [2.75, 3.05) is 50.6 Å². The van der Waals surface area contributed by atoms with Gasteiger partial charge in [0.15, 0.2) is 0 Å². The first-order valence-corrected chi connectivity index (χ1v) is 14.1. The SMILES string of the molecule is COc1nc2c(cc1CN1CCN(C)CC1=O)CCCN2C(=O)Nc1cc(CC(C)c2nccs2)c(C#N)cn1. The van der Waals surface area contributed by atoms with Crippen molar-refractivity contribution in [2.45, 2.75) is 38.6 Å². The lowest BCUT2D eigenvalue weighted by Crippen LogP contribution is -2.48. The topological polar surface area (TPSA) is 128 Å². The number of anilines is 2. The summed E-state index contributed by atoms with van der Waals surface area (Å²) in [5.41, 5.74) is 3.04. The molecule has 2 aliphatic heterocycles. The van der Waals surface area contributed by atoms with Crippen LogP contribution in [0.5, 0.6) is 5.88 Å². The van der Waals surface area contributed by atoms with Gasteiger partial charge in [-0.15, -0.1) is 11.3 Å². The summed E-state index contributed by atoms with van der Waals surface area (Å²) in [5, 5.41) is 15.4. The van der Waals surface area contributed by atoms with E-state index >= 15 is 0 Å². The van der Waals surface area contributed by atoms with Gasteiger partial charge in [-0.05, 0) is 49.6 Å². The van der Waals surface area contributed by atoms with Crippen LogP contribution in [0.4, 0.5) is 16.4 Å². The lowest BCUT2D eigenvalue weighted by Gasteiger charge is -2.33. The molecule has 11 nitrogen and oxygen atoms in total. The molecule has 1 N–H and O–H groups in total. The minimum atomic E-state index is -0.353. The second kappa shape index (κ2) is 12.0. The Kier molecular flexibility index (Phi) is 8.23. The van der Waals surface area contributed by atoms with E-state index in [0.717, 1.165) is 41.1 Å². The molecule has 0 aliphatic carbocycles. The van der Waals surface area contributed by atoms with Crippen LogP contribution < -0.4 is 15.0 Å². The van der Waals surface area contributed by atoms with Crippen LogP contribution in [0.2, 0.25) is 0 Å². The number of hydrogen-bond acceptors (Lipinski definition) is 9. The molecule has 208 valence electrons. The Balaban J connectivity index is 1.34. The van der Waals surface area contributed by atoms with Gasteiger partial charge >= 0.3 is 6.03 Å². The molecule has 3 amide bonds. The first-order chi connectivity index (χ1) is 19.4. The molecule has 40 heavy (non-hydrogen) atoms. The molecule has 5 heterocycles. The minimum Gasteiger partial charge on any atom is -0.481 e. The zero-order valence-corrected chi connectivity index (χ0v) is 23.7. The number of hydrogen-bond donors (Lipinski definition) is 1. The summed E-state index contributed by atoms with van der Waals surface area (Å²) < 4.78 is 5.60. The number of likely N-dealkylation sites (N-methyl/N-ethyl adjacent to an activating group) is 1. The molecular weight excluding hydrogens is 528 g/mol. The highest BCUT2D eigenvalue weighted by Gasteiger charge is 2.29. The number of methoxy groups -OCH3 is 1. The van der Waals surface area contributed by atoms with Crippen LogP contribution >= 0.6 is 11.3 Å². The fraction of sp³-hybridized carbons (Fsp3) is 0.429. The number of aromatic nitrogens is 3. The lowest BCUT2D eigenvalue weighted by atomic mass is 9.99. The Hall–Kier alpha value is -4.08. The fourth-order valence-electron chi connectivity index (χ4n) is 5.12. The van der Waals surface area contributed by atoms with Crippen molar-refractivity contribution in [1.29, 1.82) is 5.26 Å². The van der Waals surface area contributed by atoms with Gasteiger partial charge in [-0.2, -0.15) is 10.2 Å². The van der Waals surface area contributed by atoms with Crippen LogP contribution in [-0.2, 0) is 24.2 Å². The number of rotatable bonds is 7. The number of piperazine rings is 1. The zero-order chi connectivity index (χ0) is 28.2. The standard InChI is InChI=1S/C28H32N8O3S/c1-18(27-30-6-10-40-27)11-20-13-23(31-15-22(20)14-29)32-28(38)36-7-4-5-19-12-21(26(39-3)33-25(19)36)16-35-9-8-34(2)17-24(35)37/h6,10,12-13,15,18H,4-5,7-9,11,16-17H2,1-3H3,(H,31,32,38). The molecule has 1 unspecified atom stereocenters. The van der Waals surface area contributed by atoms with E-state index in [-0.39, 0.29) is 17.9 Å². The number of amides is 3. The molecule has 3 aromatic rings. The van der Waals surface area contributed by atoms with Gasteiger partial charge in [0.25, 0.3) is 0 Å². The van der Waals surface area contributed by atoms with Gasteiger partial charge in [0, 0.05) is 48.9 Å². The number of ether oxygens (including phenoxy) is 1.